The topological polar surface area (TPSA) is 108 Å². The number of carbonyl (C=O) groups is 1. The van der Waals surface area contributed by atoms with Crippen LogP contribution in [0.3, 0.4) is 0 Å². The Balaban J connectivity index is 1.96. The van der Waals surface area contributed by atoms with E-state index < -0.39 is 10.0 Å². The fraction of sp³-hybridized carbons (Fsp3) is 0.176. The molecule has 1 amide bonds. The number of nitrogens with zero attached hydrogens (tertiary/aromatic N) is 2. The van der Waals surface area contributed by atoms with Crippen LogP contribution in [-0.2, 0) is 10.0 Å². The van der Waals surface area contributed by atoms with Crippen LogP contribution >= 0.6 is 11.6 Å². The molecule has 0 aliphatic rings. The maximum Gasteiger partial charge on any atom is 0.265 e. The molecule has 3 rings (SSSR count). The third-order valence-electron chi connectivity index (χ3n) is 3.78. The fourth-order valence-corrected chi connectivity index (χ4v) is 3.83. The van der Waals surface area contributed by atoms with Gasteiger partial charge in [0.2, 0.25) is 0 Å². The molecular formula is C17H17ClN4O4S. The Hall–Kier alpha value is -2.78. The first-order chi connectivity index (χ1) is 12.7. The third-order valence-corrected chi connectivity index (χ3v) is 5.52. The highest BCUT2D eigenvalue weighted by Gasteiger charge is 2.25. The van der Waals surface area contributed by atoms with E-state index in [0.717, 1.165) is 0 Å². The van der Waals surface area contributed by atoms with Crippen molar-refractivity contribution in [1.29, 1.82) is 0 Å². The molecule has 0 radical (unpaired) electrons. The van der Waals surface area contributed by atoms with E-state index >= 15 is 0 Å². The van der Waals surface area contributed by atoms with E-state index in [-0.39, 0.29) is 27.9 Å². The average Bonchev–Trinajstić information content (AvgIpc) is 3.22. The summed E-state index contributed by atoms with van der Waals surface area (Å²) in [6.45, 7) is 1.53. The molecule has 0 aliphatic heterocycles. The largest absolute Gasteiger partial charge is 0.458 e. The lowest BCUT2D eigenvalue weighted by Gasteiger charge is -2.08. The van der Waals surface area contributed by atoms with Crippen LogP contribution in [-0.4, -0.2) is 43.5 Å². The number of furan rings is 1. The van der Waals surface area contributed by atoms with E-state index in [0.29, 0.717) is 16.4 Å². The van der Waals surface area contributed by atoms with Crippen LogP contribution in [0.25, 0.3) is 11.5 Å². The van der Waals surface area contributed by atoms with Crippen molar-refractivity contribution in [3.05, 3.63) is 52.9 Å². The Morgan fingerprint density at radius 3 is 2.56 bits per heavy atom. The van der Waals surface area contributed by atoms with Crippen LogP contribution in [0.15, 0.2) is 45.8 Å². The quantitative estimate of drug-likeness (QED) is 0.674. The first-order valence-electron chi connectivity index (χ1n) is 7.83. The molecule has 2 heterocycles. The van der Waals surface area contributed by atoms with Crippen molar-refractivity contribution >= 4 is 33.2 Å². The number of hydrogen-bond donors (Lipinski definition) is 2. The van der Waals surface area contributed by atoms with Gasteiger partial charge < -0.3 is 9.32 Å². The van der Waals surface area contributed by atoms with Crippen molar-refractivity contribution in [3.63, 3.8) is 0 Å². The molecule has 142 valence electrons. The summed E-state index contributed by atoms with van der Waals surface area (Å²) >= 11 is 5.82. The van der Waals surface area contributed by atoms with Crippen LogP contribution in [0.2, 0.25) is 5.02 Å². The summed E-state index contributed by atoms with van der Waals surface area (Å²) in [5.41, 5.74) is 0.958. The van der Waals surface area contributed by atoms with Crippen molar-refractivity contribution in [2.24, 2.45) is 0 Å². The van der Waals surface area contributed by atoms with Gasteiger partial charge in [0.1, 0.15) is 16.3 Å². The average molecular weight is 409 g/mol. The number of H-pyrrole nitrogens is 1. The van der Waals surface area contributed by atoms with Gasteiger partial charge in [0.05, 0.1) is 11.8 Å². The molecule has 0 fully saturated rings. The molecule has 0 aliphatic carbocycles. The molecule has 0 unspecified atom stereocenters. The Labute approximate surface area is 161 Å². The predicted molar refractivity (Wildman–Crippen MR) is 101 cm³/mol. The number of aromatic amines is 1. The van der Waals surface area contributed by atoms with Crippen molar-refractivity contribution in [2.45, 2.75) is 11.8 Å². The maximum absolute atomic E-state index is 12.7. The number of anilines is 1. The molecule has 3 aromatic rings. The third kappa shape index (κ3) is 3.83. The van der Waals surface area contributed by atoms with Gasteiger partial charge in [-0.05, 0) is 31.2 Å². The van der Waals surface area contributed by atoms with Gasteiger partial charge in [-0.15, -0.1) is 0 Å². The lowest BCUT2D eigenvalue weighted by atomic mass is 10.2. The lowest BCUT2D eigenvalue weighted by Crippen LogP contribution is -2.21. The minimum Gasteiger partial charge on any atom is -0.458 e. The minimum atomic E-state index is -3.89. The van der Waals surface area contributed by atoms with Crippen molar-refractivity contribution < 1.29 is 17.6 Å². The van der Waals surface area contributed by atoms with Gasteiger partial charge in [-0.1, -0.05) is 11.6 Å². The van der Waals surface area contributed by atoms with Gasteiger partial charge in [0, 0.05) is 30.9 Å². The molecule has 2 aromatic heterocycles. The van der Waals surface area contributed by atoms with Crippen LogP contribution < -0.4 is 4.72 Å². The summed E-state index contributed by atoms with van der Waals surface area (Å²) in [7, 11) is -0.674. The maximum atomic E-state index is 12.7. The zero-order chi connectivity index (χ0) is 19.8. The second kappa shape index (κ2) is 7.09. The van der Waals surface area contributed by atoms with Gasteiger partial charge in [-0.25, -0.2) is 8.42 Å². The number of amides is 1. The van der Waals surface area contributed by atoms with E-state index in [4.69, 9.17) is 16.0 Å². The van der Waals surface area contributed by atoms with E-state index in [2.05, 4.69) is 14.9 Å². The molecule has 2 N–H and O–H groups in total. The first-order valence-corrected chi connectivity index (χ1v) is 9.69. The molecular weight excluding hydrogens is 392 g/mol. The smallest absolute Gasteiger partial charge is 0.265 e. The van der Waals surface area contributed by atoms with Crippen LogP contribution in [0, 0.1) is 6.92 Å². The summed E-state index contributed by atoms with van der Waals surface area (Å²) in [4.78, 5) is 13.6. The number of aryl methyl sites for hydroxylation is 1. The van der Waals surface area contributed by atoms with Gasteiger partial charge in [0.25, 0.3) is 15.9 Å². The molecule has 0 spiro atoms. The van der Waals surface area contributed by atoms with E-state index in [9.17, 15) is 13.2 Å². The zero-order valence-electron chi connectivity index (χ0n) is 14.8. The molecule has 0 saturated heterocycles. The first kappa shape index (κ1) is 19.0. The van der Waals surface area contributed by atoms with E-state index in [1.165, 1.54) is 24.1 Å². The highest BCUT2D eigenvalue weighted by atomic mass is 35.5. The molecule has 1 aromatic carbocycles. The standard InChI is InChI=1S/C17H17ClN4O4S/c1-10-15(27(24,25)21-12-6-4-11(18)5-7-12)8-14(26-10)16-13(9-19-20-16)17(23)22(2)3/h4-9,21H,1-3H3,(H,19,20). The van der Waals surface area contributed by atoms with Crippen molar-refractivity contribution in [2.75, 3.05) is 18.8 Å². The Bertz CT molecular complexity index is 1080. The summed E-state index contributed by atoms with van der Waals surface area (Å²) in [5.74, 6) is 0.104. The van der Waals surface area contributed by atoms with Crippen molar-refractivity contribution in [1.82, 2.24) is 15.1 Å². The monoisotopic (exact) mass is 408 g/mol. The highest BCUT2D eigenvalue weighted by Crippen LogP contribution is 2.30. The van der Waals surface area contributed by atoms with E-state index in [1.807, 2.05) is 0 Å². The normalized spacial score (nSPS) is 11.4. The Morgan fingerprint density at radius 2 is 1.93 bits per heavy atom. The number of rotatable bonds is 5. The van der Waals surface area contributed by atoms with Crippen LogP contribution in [0.5, 0.6) is 0 Å². The number of aromatic nitrogens is 2. The van der Waals surface area contributed by atoms with Crippen LogP contribution in [0.1, 0.15) is 16.1 Å². The van der Waals surface area contributed by atoms with Gasteiger partial charge in [-0.2, -0.15) is 5.10 Å². The Morgan fingerprint density at radius 1 is 1.26 bits per heavy atom. The van der Waals surface area contributed by atoms with Gasteiger partial charge >= 0.3 is 0 Å². The lowest BCUT2D eigenvalue weighted by molar-refractivity contribution is 0.0828. The summed E-state index contributed by atoms with van der Waals surface area (Å²) in [6.07, 6.45) is 1.37. The van der Waals surface area contributed by atoms with Crippen LogP contribution in [0.4, 0.5) is 5.69 Å². The number of sulfonamides is 1. The predicted octanol–water partition coefficient (Wildman–Crippen LogP) is 3.13. The molecule has 0 atom stereocenters. The zero-order valence-corrected chi connectivity index (χ0v) is 16.4. The summed E-state index contributed by atoms with van der Waals surface area (Å²) < 4.78 is 33.5. The molecule has 8 nitrogen and oxygen atoms in total. The SMILES string of the molecule is Cc1oc(-c2[nH]ncc2C(=O)N(C)C)cc1S(=O)(=O)Nc1ccc(Cl)cc1. The summed E-state index contributed by atoms with van der Waals surface area (Å²) in [5, 5.41) is 7.05. The van der Waals surface area contributed by atoms with Gasteiger partial charge in [-0.3, -0.25) is 14.6 Å². The molecule has 27 heavy (non-hydrogen) atoms. The number of hydrogen-bond acceptors (Lipinski definition) is 5. The molecule has 10 heteroatoms. The number of benzene rings is 1. The molecule has 0 bridgehead atoms. The number of halogens is 1. The van der Waals surface area contributed by atoms with Crippen molar-refractivity contribution in [3.8, 4) is 11.5 Å². The summed E-state index contributed by atoms with van der Waals surface area (Å²) in [6, 6.07) is 7.62. The van der Waals surface area contributed by atoms with E-state index in [1.54, 1.807) is 38.4 Å². The second-order valence-electron chi connectivity index (χ2n) is 6.00. The van der Waals surface area contributed by atoms with Gasteiger partial charge in [0.15, 0.2) is 5.76 Å². The second-order valence-corrected chi connectivity index (χ2v) is 8.09. The number of nitrogens with one attached hydrogen (secondary N) is 2. The molecule has 0 saturated carbocycles. The minimum absolute atomic E-state index is 0.0368. The highest BCUT2D eigenvalue weighted by molar-refractivity contribution is 7.92. The fourth-order valence-electron chi connectivity index (χ4n) is 2.46. The number of carbonyl (C=O) groups excluding carboxylic acids is 1. The Kier molecular flexibility index (Phi) is 4.99.